The van der Waals surface area contributed by atoms with Crippen molar-refractivity contribution in [2.45, 2.75) is 0 Å². The number of carbonyl (C=O) groups is 1. The Morgan fingerprint density at radius 2 is 2.19 bits per heavy atom. The number of hydrogen-bond donors (Lipinski definition) is 1. The zero-order valence-corrected chi connectivity index (χ0v) is 8.39. The van der Waals surface area contributed by atoms with Crippen LogP contribution in [0, 0.1) is 0 Å². The molecule has 0 aliphatic rings. The molecule has 0 bridgehead atoms. The molecule has 1 aromatic heterocycles. The number of esters is 1. The summed E-state index contributed by atoms with van der Waals surface area (Å²) in [5, 5.41) is 9.89. The monoisotopic (exact) mass is 220 g/mol. The number of rotatable bonds is 1. The van der Waals surface area contributed by atoms with E-state index in [-0.39, 0.29) is 16.9 Å². The Hall–Kier alpha value is -2.30. The molecule has 0 aliphatic heterocycles. The first-order chi connectivity index (χ1) is 7.63. The van der Waals surface area contributed by atoms with Crippen molar-refractivity contribution >= 4 is 16.9 Å². The van der Waals surface area contributed by atoms with E-state index in [2.05, 4.69) is 4.74 Å². The maximum atomic E-state index is 11.4. The van der Waals surface area contributed by atoms with E-state index in [0.717, 1.165) is 0 Å². The Labute approximate surface area is 89.9 Å². The Kier molecular flexibility index (Phi) is 2.36. The van der Waals surface area contributed by atoms with Crippen molar-refractivity contribution in [2.24, 2.45) is 0 Å². The van der Waals surface area contributed by atoms with Crippen LogP contribution in [-0.2, 0) is 4.74 Å². The van der Waals surface area contributed by atoms with Crippen LogP contribution in [-0.4, -0.2) is 18.2 Å². The molecule has 2 aromatic rings. The lowest BCUT2D eigenvalue weighted by Gasteiger charge is -2.01. The smallest absolute Gasteiger partial charge is 0.351 e. The van der Waals surface area contributed by atoms with Crippen LogP contribution < -0.4 is 5.63 Å². The van der Waals surface area contributed by atoms with E-state index in [0.29, 0.717) is 5.39 Å². The summed E-state index contributed by atoms with van der Waals surface area (Å²) in [5.41, 5.74) is -0.971. The van der Waals surface area contributed by atoms with E-state index in [1.807, 2.05) is 0 Å². The van der Waals surface area contributed by atoms with Gasteiger partial charge in [0.05, 0.1) is 7.11 Å². The van der Waals surface area contributed by atoms with Crippen LogP contribution in [0.25, 0.3) is 11.0 Å². The molecule has 0 radical (unpaired) electrons. The normalized spacial score (nSPS) is 10.3. The number of phenols is 1. The molecule has 5 heteroatoms. The van der Waals surface area contributed by atoms with Crippen LogP contribution in [0.2, 0.25) is 0 Å². The Balaban J connectivity index is 2.78. The van der Waals surface area contributed by atoms with Crippen LogP contribution in [0.15, 0.2) is 33.5 Å². The van der Waals surface area contributed by atoms with Gasteiger partial charge in [-0.2, -0.15) is 0 Å². The molecular formula is C11H8O5. The highest BCUT2D eigenvalue weighted by Gasteiger charge is 2.14. The van der Waals surface area contributed by atoms with Crippen molar-refractivity contribution in [2.75, 3.05) is 7.11 Å². The number of methoxy groups -OCH3 is 1. The highest BCUT2D eigenvalue weighted by atomic mass is 16.5. The van der Waals surface area contributed by atoms with Crippen molar-refractivity contribution in [1.29, 1.82) is 0 Å². The molecule has 0 saturated carbocycles. The molecule has 0 saturated heterocycles. The second-order valence-electron chi connectivity index (χ2n) is 3.13. The highest BCUT2D eigenvalue weighted by molar-refractivity contribution is 5.93. The third-order valence-electron chi connectivity index (χ3n) is 2.14. The number of ether oxygens (including phenoxy) is 1. The summed E-state index contributed by atoms with van der Waals surface area (Å²) >= 11 is 0. The molecule has 16 heavy (non-hydrogen) atoms. The minimum absolute atomic E-state index is 0.0557. The fourth-order valence-electron chi connectivity index (χ4n) is 1.38. The van der Waals surface area contributed by atoms with Gasteiger partial charge in [0.1, 0.15) is 5.56 Å². The highest BCUT2D eigenvalue weighted by Crippen LogP contribution is 2.23. The molecule has 0 fully saturated rings. The lowest BCUT2D eigenvalue weighted by atomic mass is 10.2. The zero-order chi connectivity index (χ0) is 11.7. The molecule has 0 atom stereocenters. The average Bonchev–Trinajstić information content (AvgIpc) is 2.29. The quantitative estimate of drug-likeness (QED) is 0.578. The van der Waals surface area contributed by atoms with Gasteiger partial charge >= 0.3 is 11.6 Å². The number of carbonyl (C=O) groups excluding carboxylic acids is 1. The number of para-hydroxylation sites is 1. The largest absolute Gasteiger partial charge is 0.504 e. The molecule has 1 aromatic carbocycles. The van der Waals surface area contributed by atoms with E-state index >= 15 is 0 Å². The molecule has 5 nitrogen and oxygen atoms in total. The van der Waals surface area contributed by atoms with Crippen LogP contribution >= 0.6 is 0 Å². The minimum Gasteiger partial charge on any atom is -0.504 e. The van der Waals surface area contributed by atoms with E-state index in [4.69, 9.17) is 4.42 Å². The van der Waals surface area contributed by atoms with E-state index in [1.165, 1.54) is 19.2 Å². The summed E-state index contributed by atoms with van der Waals surface area (Å²) < 4.78 is 9.27. The van der Waals surface area contributed by atoms with Crippen LogP contribution in [0.5, 0.6) is 5.75 Å². The second kappa shape index (κ2) is 3.69. The van der Waals surface area contributed by atoms with Gasteiger partial charge in [-0.3, -0.25) is 0 Å². The first-order valence-electron chi connectivity index (χ1n) is 4.47. The number of aromatic hydroxyl groups is 1. The van der Waals surface area contributed by atoms with Gasteiger partial charge in [-0.05, 0) is 12.1 Å². The topological polar surface area (TPSA) is 76.7 Å². The standard InChI is InChI=1S/C11H8O5/c1-15-10(13)7-5-6-3-2-4-8(12)9(6)16-11(7)14/h2-5,12H,1H3. The first-order valence-corrected chi connectivity index (χ1v) is 4.47. The summed E-state index contributed by atoms with van der Waals surface area (Å²) in [4.78, 5) is 22.6. The van der Waals surface area contributed by atoms with Gasteiger partial charge in [-0.15, -0.1) is 0 Å². The van der Waals surface area contributed by atoms with E-state index < -0.39 is 11.6 Å². The minimum atomic E-state index is -0.833. The summed E-state index contributed by atoms with van der Waals surface area (Å²) in [6, 6.07) is 5.92. The Morgan fingerprint density at radius 3 is 2.88 bits per heavy atom. The maximum Gasteiger partial charge on any atom is 0.351 e. The van der Waals surface area contributed by atoms with E-state index in [1.54, 1.807) is 12.1 Å². The van der Waals surface area contributed by atoms with Crippen LogP contribution in [0.4, 0.5) is 0 Å². The second-order valence-corrected chi connectivity index (χ2v) is 3.13. The molecule has 0 amide bonds. The third kappa shape index (κ3) is 1.52. The van der Waals surface area contributed by atoms with Gasteiger partial charge in [0.2, 0.25) is 0 Å². The predicted octanol–water partition coefficient (Wildman–Crippen LogP) is 1.29. The molecule has 1 N–H and O–H groups in total. The van der Waals surface area contributed by atoms with Crippen molar-refractivity contribution in [3.63, 3.8) is 0 Å². The van der Waals surface area contributed by atoms with Crippen LogP contribution in [0.1, 0.15) is 10.4 Å². The fourth-order valence-corrected chi connectivity index (χ4v) is 1.38. The Morgan fingerprint density at radius 1 is 1.44 bits per heavy atom. The van der Waals surface area contributed by atoms with Crippen LogP contribution in [0.3, 0.4) is 0 Å². The summed E-state index contributed by atoms with van der Waals surface area (Å²) in [7, 11) is 1.18. The molecule has 2 rings (SSSR count). The molecule has 0 spiro atoms. The molecule has 1 heterocycles. The van der Waals surface area contributed by atoms with Gasteiger partial charge in [0.25, 0.3) is 0 Å². The van der Waals surface area contributed by atoms with Gasteiger partial charge in [0, 0.05) is 5.39 Å². The van der Waals surface area contributed by atoms with Crippen molar-refractivity contribution in [3.8, 4) is 5.75 Å². The van der Waals surface area contributed by atoms with Crippen molar-refractivity contribution in [3.05, 3.63) is 40.2 Å². The summed E-state index contributed by atoms with van der Waals surface area (Å²) in [5.74, 6) is -0.912. The molecule has 0 unspecified atom stereocenters. The van der Waals surface area contributed by atoms with Gasteiger partial charge in [-0.1, -0.05) is 12.1 Å². The summed E-state index contributed by atoms with van der Waals surface area (Å²) in [6.07, 6.45) is 0. The number of benzene rings is 1. The SMILES string of the molecule is COC(=O)c1cc2cccc(O)c2oc1=O. The first kappa shape index (κ1) is 10.2. The lowest BCUT2D eigenvalue weighted by molar-refractivity contribution is 0.0596. The summed E-state index contributed by atoms with van der Waals surface area (Å²) in [6.45, 7) is 0. The number of fused-ring (bicyclic) bond motifs is 1. The van der Waals surface area contributed by atoms with Gasteiger partial charge in [0.15, 0.2) is 11.3 Å². The Bertz CT molecular complexity index is 611. The van der Waals surface area contributed by atoms with Gasteiger partial charge in [-0.25, -0.2) is 9.59 Å². The molecular weight excluding hydrogens is 212 g/mol. The number of phenolic OH excluding ortho intramolecular Hbond substituents is 1. The number of hydrogen-bond acceptors (Lipinski definition) is 5. The molecule has 0 aliphatic carbocycles. The zero-order valence-electron chi connectivity index (χ0n) is 8.39. The average molecular weight is 220 g/mol. The van der Waals surface area contributed by atoms with Crippen molar-refractivity contribution in [1.82, 2.24) is 0 Å². The fraction of sp³-hybridized carbons (Fsp3) is 0.0909. The lowest BCUT2D eigenvalue weighted by Crippen LogP contribution is -2.14. The van der Waals surface area contributed by atoms with Gasteiger partial charge < -0.3 is 14.3 Å². The third-order valence-corrected chi connectivity index (χ3v) is 2.14. The van der Waals surface area contributed by atoms with E-state index in [9.17, 15) is 14.7 Å². The maximum absolute atomic E-state index is 11.4. The predicted molar refractivity (Wildman–Crippen MR) is 55.5 cm³/mol. The molecule has 82 valence electrons. The van der Waals surface area contributed by atoms with Crippen molar-refractivity contribution < 1.29 is 19.1 Å².